The Morgan fingerprint density at radius 2 is 1.28 bits per heavy atom. The number of fused-ring (bicyclic) bond motifs is 4. The van der Waals surface area contributed by atoms with Crippen LogP contribution in [0.4, 0.5) is 0 Å². The second-order valence-corrected chi connectivity index (χ2v) is 9.95. The Labute approximate surface area is 175 Å². The van der Waals surface area contributed by atoms with Gasteiger partial charge in [-0.05, 0) is 76.6 Å². The van der Waals surface area contributed by atoms with Crippen LogP contribution in [0.5, 0.6) is 11.5 Å². The minimum atomic E-state index is -3.79. The zero-order valence-corrected chi connectivity index (χ0v) is 19.6. The number of phosphoric acid groups is 1. The molecule has 0 unspecified atom stereocenters. The van der Waals surface area contributed by atoms with Gasteiger partial charge in [-0.25, -0.2) is 4.57 Å². The van der Waals surface area contributed by atoms with E-state index < -0.39 is 7.82 Å². The molecule has 0 atom stereocenters. The molecule has 1 aliphatic heterocycles. The van der Waals surface area contributed by atoms with E-state index in [-0.39, 0.29) is 0 Å². The largest absolute Gasteiger partial charge is 0.587 e. The van der Waals surface area contributed by atoms with Gasteiger partial charge in [0.2, 0.25) is 0 Å². The van der Waals surface area contributed by atoms with Crippen LogP contribution < -0.4 is 9.05 Å². The molecule has 158 valence electrons. The van der Waals surface area contributed by atoms with Crippen LogP contribution in [0, 0.1) is 0 Å². The van der Waals surface area contributed by atoms with Gasteiger partial charge in [0.25, 0.3) is 0 Å². The molecule has 29 heavy (non-hydrogen) atoms. The van der Waals surface area contributed by atoms with Gasteiger partial charge in [0, 0.05) is 7.11 Å². The molecule has 0 saturated heterocycles. The van der Waals surface area contributed by atoms with E-state index in [1.165, 1.54) is 29.4 Å². The Morgan fingerprint density at radius 1 is 0.862 bits per heavy atom. The van der Waals surface area contributed by atoms with Crippen LogP contribution in [-0.4, -0.2) is 7.11 Å². The van der Waals surface area contributed by atoms with Gasteiger partial charge in [0.1, 0.15) is 11.5 Å². The lowest BCUT2D eigenvalue weighted by Crippen LogP contribution is -2.11. The van der Waals surface area contributed by atoms with Gasteiger partial charge in [-0.2, -0.15) is 0 Å². The van der Waals surface area contributed by atoms with Gasteiger partial charge in [-0.3, -0.25) is 4.52 Å². The average Bonchev–Trinajstić information content (AvgIpc) is 2.67. The highest BCUT2D eigenvalue weighted by atomic mass is 31.2. The lowest BCUT2D eigenvalue weighted by Gasteiger charge is -2.26. The third kappa shape index (κ3) is 4.39. The Kier molecular flexibility index (Phi) is 6.45. The van der Waals surface area contributed by atoms with Gasteiger partial charge in [-0.15, -0.1) is 0 Å². The summed E-state index contributed by atoms with van der Waals surface area (Å²) in [5, 5.41) is 0. The highest BCUT2D eigenvalue weighted by molar-refractivity contribution is 7.49. The van der Waals surface area contributed by atoms with Crippen LogP contribution >= 0.6 is 7.82 Å². The molecule has 0 aliphatic carbocycles. The predicted molar refractivity (Wildman–Crippen MR) is 118 cm³/mol. The van der Waals surface area contributed by atoms with Gasteiger partial charge < -0.3 is 9.05 Å². The second kappa shape index (κ2) is 8.53. The average molecular weight is 416 g/mol. The van der Waals surface area contributed by atoms with E-state index in [0.717, 1.165) is 30.4 Å². The van der Waals surface area contributed by atoms with E-state index >= 15 is 0 Å². The molecule has 2 aromatic carbocycles. The fourth-order valence-corrected chi connectivity index (χ4v) is 5.02. The van der Waals surface area contributed by atoms with Crippen molar-refractivity contribution in [2.45, 2.75) is 72.6 Å². The summed E-state index contributed by atoms with van der Waals surface area (Å²) >= 11 is 0. The summed E-state index contributed by atoms with van der Waals surface area (Å²) in [6.45, 7) is 13.0. The lowest BCUT2D eigenvalue weighted by atomic mass is 9.86. The van der Waals surface area contributed by atoms with E-state index in [1.807, 2.05) is 12.1 Å². The fraction of sp³-hybridized carbons (Fsp3) is 0.500. The lowest BCUT2D eigenvalue weighted by molar-refractivity contribution is 0.248. The van der Waals surface area contributed by atoms with Crippen LogP contribution in [0.2, 0.25) is 0 Å². The topological polar surface area (TPSA) is 44.8 Å². The first-order chi connectivity index (χ1) is 13.7. The smallest absolute Gasteiger partial charge is 0.395 e. The molecule has 0 fully saturated rings. The fourth-order valence-electron chi connectivity index (χ4n) is 4.01. The first kappa shape index (κ1) is 21.9. The quantitative estimate of drug-likeness (QED) is 0.485. The molecule has 1 aliphatic rings. The molecule has 4 nitrogen and oxygen atoms in total. The molecule has 4 bridgehead atoms. The van der Waals surface area contributed by atoms with E-state index in [1.54, 1.807) is 0 Å². The highest BCUT2D eigenvalue weighted by Gasteiger charge is 2.33. The summed E-state index contributed by atoms with van der Waals surface area (Å²) < 4.78 is 30.4. The van der Waals surface area contributed by atoms with Crippen molar-refractivity contribution < 1.29 is 18.1 Å². The van der Waals surface area contributed by atoms with E-state index in [2.05, 4.69) is 53.7 Å². The maximum Gasteiger partial charge on any atom is 0.587 e. The molecular weight excluding hydrogens is 383 g/mol. The summed E-state index contributed by atoms with van der Waals surface area (Å²) in [7, 11) is -2.42. The third-order valence-corrected chi connectivity index (χ3v) is 6.96. The molecule has 0 aromatic heterocycles. The molecule has 2 aromatic rings. The SMILES string of the molecule is CCc1cc(C(C)C)c2cc1OP(=O)(OC)Oc1cc(c(C(C)C)cc1CC)C2. The molecule has 0 N–H and O–H groups in total. The number of rotatable bonds is 5. The summed E-state index contributed by atoms with van der Waals surface area (Å²) in [5.74, 6) is 1.95. The maximum atomic E-state index is 13.4. The van der Waals surface area contributed by atoms with Crippen LogP contribution in [-0.2, 0) is 28.4 Å². The van der Waals surface area contributed by atoms with Gasteiger partial charge in [0.05, 0.1) is 0 Å². The van der Waals surface area contributed by atoms with Gasteiger partial charge >= 0.3 is 7.82 Å². The van der Waals surface area contributed by atoms with Crippen molar-refractivity contribution in [3.63, 3.8) is 0 Å². The van der Waals surface area contributed by atoms with Crippen molar-refractivity contribution in [1.82, 2.24) is 0 Å². The Bertz CT molecular complexity index is 875. The predicted octanol–water partition coefficient (Wildman–Crippen LogP) is 7.17. The normalized spacial score (nSPS) is 15.2. The van der Waals surface area contributed by atoms with Crippen molar-refractivity contribution in [3.05, 3.63) is 57.6 Å². The number of hydrogen-bond acceptors (Lipinski definition) is 4. The molecule has 0 spiro atoms. The molecule has 0 saturated carbocycles. The summed E-state index contributed by atoms with van der Waals surface area (Å²) in [5.41, 5.74) is 7.05. The zero-order chi connectivity index (χ0) is 21.3. The molecular formula is C24H33O4P. The molecule has 1 heterocycles. The minimum absolute atomic E-state index is 0.384. The van der Waals surface area contributed by atoms with Crippen LogP contribution in [0.15, 0.2) is 24.3 Å². The summed E-state index contributed by atoms with van der Waals surface area (Å²) in [4.78, 5) is 0. The van der Waals surface area contributed by atoms with E-state index in [0.29, 0.717) is 23.3 Å². The number of phosphoric ester groups is 1. The number of hydrogen-bond donors (Lipinski definition) is 0. The molecule has 0 radical (unpaired) electrons. The van der Waals surface area contributed by atoms with Gasteiger partial charge in [-0.1, -0.05) is 53.7 Å². The van der Waals surface area contributed by atoms with Crippen molar-refractivity contribution >= 4 is 7.82 Å². The first-order valence-electron chi connectivity index (χ1n) is 10.6. The first-order valence-corrected chi connectivity index (χ1v) is 12.0. The highest BCUT2D eigenvalue weighted by Crippen LogP contribution is 2.52. The Balaban J connectivity index is 2.32. The minimum Gasteiger partial charge on any atom is -0.395 e. The van der Waals surface area contributed by atoms with E-state index in [4.69, 9.17) is 13.6 Å². The zero-order valence-electron chi connectivity index (χ0n) is 18.7. The molecule has 0 amide bonds. The van der Waals surface area contributed by atoms with Crippen molar-refractivity contribution in [2.75, 3.05) is 7.11 Å². The standard InChI is InChI=1S/C24H33O4P/c1-8-17-11-21(15(3)4)19-10-20-14-24(18(9-2)12-22(20)16(5)6)28-29(25,26-7)27-23(17)13-19/h11-16H,8-10H2,1-7H3. The maximum absolute atomic E-state index is 13.4. The summed E-state index contributed by atoms with van der Waals surface area (Å²) in [6.07, 6.45) is 2.35. The second-order valence-electron chi connectivity index (χ2n) is 8.32. The van der Waals surface area contributed by atoms with Crippen molar-refractivity contribution in [1.29, 1.82) is 0 Å². The molecule has 3 rings (SSSR count). The Hall–Kier alpha value is -1.77. The Morgan fingerprint density at radius 3 is 1.59 bits per heavy atom. The van der Waals surface area contributed by atoms with Crippen LogP contribution in [0.1, 0.15) is 86.8 Å². The summed E-state index contributed by atoms with van der Waals surface area (Å²) in [6, 6.07) is 8.44. The monoisotopic (exact) mass is 416 g/mol. The number of benzene rings is 2. The van der Waals surface area contributed by atoms with Crippen molar-refractivity contribution in [2.24, 2.45) is 0 Å². The van der Waals surface area contributed by atoms with Crippen molar-refractivity contribution in [3.8, 4) is 11.5 Å². The molecule has 5 heteroatoms. The van der Waals surface area contributed by atoms with Gasteiger partial charge in [0.15, 0.2) is 0 Å². The van der Waals surface area contributed by atoms with Crippen LogP contribution in [0.25, 0.3) is 0 Å². The number of aryl methyl sites for hydroxylation is 2. The third-order valence-electron chi connectivity index (χ3n) is 5.68. The van der Waals surface area contributed by atoms with Crippen LogP contribution in [0.3, 0.4) is 0 Å². The van der Waals surface area contributed by atoms with E-state index in [9.17, 15) is 4.57 Å².